The Morgan fingerprint density at radius 3 is 2.37 bits per heavy atom. The number of rotatable bonds is 13. The van der Waals surface area contributed by atoms with Crippen molar-refractivity contribution in [3.8, 4) is 0 Å². The van der Waals surface area contributed by atoms with Crippen LogP contribution in [0.5, 0.6) is 0 Å². The summed E-state index contributed by atoms with van der Waals surface area (Å²) in [6.45, 7) is -2.12. The number of phosphoric acid groups is 3. The number of anilines is 1. The number of hydrogen-bond acceptors (Lipinski definition) is 18. The molecule has 3 aromatic rings. The Balaban J connectivity index is 0.00000541. The third-order valence-electron chi connectivity index (χ3n) is 6.97. The first kappa shape index (κ1) is 39.9. The van der Waals surface area contributed by atoms with Gasteiger partial charge in [0.25, 0.3) is 20.0 Å². The molecule has 265 valence electrons. The minimum atomic E-state index is -5.72. The Bertz CT molecular complexity index is 1820. The average molecular weight is 766 g/mol. The van der Waals surface area contributed by atoms with Crippen molar-refractivity contribution in [2.75, 3.05) is 18.9 Å². The summed E-state index contributed by atoms with van der Waals surface area (Å²) in [4.78, 5) is 64.4. The summed E-state index contributed by atoms with van der Waals surface area (Å²) in [6.07, 6.45) is -8.59. The second-order valence-corrected chi connectivity index (χ2v) is 14.4. The van der Waals surface area contributed by atoms with Crippen molar-refractivity contribution in [2.45, 2.75) is 49.1 Å². The smallest absolute Gasteiger partial charge is 0.478 e. The molecule has 24 nitrogen and oxygen atoms in total. The van der Waals surface area contributed by atoms with E-state index in [1.165, 1.54) is 29.1 Å². The van der Waals surface area contributed by atoms with Crippen LogP contribution in [0.15, 0.2) is 37.2 Å². The summed E-state index contributed by atoms with van der Waals surface area (Å²) in [6, 6.07) is 2.77. The van der Waals surface area contributed by atoms with Gasteiger partial charge in [-0.15, -0.1) is 0 Å². The SMILES string of the molecule is NC(=O)c1ccc[n+]([C@@H]2O[C@H](COP(=O)([O-])OP(=O)(O)OC[C@H]3O[C@@H](n4cnc5c(N)ncnc54)[C@H](OP(=O)(O)O)[C@@H]3O)[C@@H](O)[C@H]2O)c1.[Na]. The number of amides is 1. The Morgan fingerprint density at radius 2 is 1.69 bits per heavy atom. The third-order valence-corrected chi connectivity index (χ3v) is 10.1. The number of hydrogen-bond donors (Lipinski definition) is 8. The Kier molecular flexibility index (Phi) is 12.5. The number of nitrogens with two attached hydrogens (primary N) is 2. The predicted molar refractivity (Wildman–Crippen MR) is 154 cm³/mol. The average Bonchev–Trinajstić information content (AvgIpc) is 3.64. The Hall–Kier alpha value is -1.86. The zero-order valence-corrected chi connectivity index (χ0v) is 29.6. The molecule has 3 aromatic heterocycles. The van der Waals surface area contributed by atoms with Crippen molar-refractivity contribution in [1.29, 1.82) is 0 Å². The number of fused-ring (bicyclic) bond motifs is 1. The molecule has 2 unspecified atom stereocenters. The number of ether oxygens (including phenoxy) is 2. The largest absolute Gasteiger partial charge is 0.756 e. The first-order valence-corrected chi connectivity index (χ1v) is 17.8. The van der Waals surface area contributed by atoms with E-state index in [-0.39, 0.29) is 52.1 Å². The van der Waals surface area contributed by atoms with Crippen LogP contribution in [0.2, 0.25) is 0 Å². The second-order valence-electron chi connectivity index (χ2n) is 10.2. The Labute approximate surface area is 296 Å². The fourth-order valence-electron chi connectivity index (χ4n) is 4.82. The van der Waals surface area contributed by atoms with Crippen molar-refractivity contribution >= 4 is 75.9 Å². The molecule has 0 spiro atoms. The molecule has 49 heavy (non-hydrogen) atoms. The maximum Gasteiger partial charge on any atom is 0.478 e. The molecule has 0 saturated carbocycles. The van der Waals surface area contributed by atoms with E-state index in [0.29, 0.717) is 0 Å². The van der Waals surface area contributed by atoms with Gasteiger partial charge in [-0.2, -0.15) is 4.57 Å². The fourth-order valence-corrected chi connectivity index (χ4v) is 7.42. The zero-order valence-electron chi connectivity index (χ0n) is 24.9. The zero-order chi connectivity index (χ0) is 35.2. The number of phosphoric ester groups is 3. The summed E-state index contributed by atoms with van der Waals surface area (Å²) in [7, 11) is -16.6. The maximum absolute atomic E-state index is 12.5. The van der Waals surface area contributed by atoms with Gasteiger partial charge in [0.1, 0.15) is 47.9 Å². The molecule has 2 aliphatic heterocycles. The molecule has 5 heterocycles. The molecule has 0 aliphatic carbocycles. The molecule has 2 saturated heterocycles. The van der Waals surface area contributed by atoms with Gasteiger partial charge >= 0.3 is 15.6 Å². The molecule has 0 aromatic carbocycles. The van der Waals surface area contributed by atoms with Gasteiger partial charge in [-0.05, 0) is 6.07 Å². The number of nitrogen functional groups attached to an aromatic ring is 1. The first-order chi connectivity index (χ1) is 22.4. The van der Waals surface area contributed by atoms with E-state index in [4.69, 9.17) is 20.9 Å². The molecule has 1 amide bonds. The third kappa shape index (κ3) is 9.33. The van der Waals surface area contributed by atoms with Gasteiger partial charge in [0.2, 0.25) is 0 Å². The number of nitrogens with zero attached hydrogens (tertiary/aromatic N) is 5. The molecule has 2 fully saturated rings. The van der Waals surface area contributed by atoms with E-state index in [1.807, 2.05) is 0 Å². The van der Waals surface area contributed by atoms with Gasteiger partial charge in [-0.25, -0.2) is 28.4 Å². The van der Waals surface area contributed by atoms with Crippen LogP contribution in [0.25, 0.3) is 11.2 Å². The van der Waals surface area contributed by atoms with Crippen LogP contribution in [0.1, 0.15) is 22.8 Å². The molecular formula is C21H28N7NaO17P3. The van der Waals surface area contributed by atoms with E-state index < -0.39 is 91.7 Å². The second kappa shape index (κ2) is 15.4. The number of imidazole rings is 1. The number of aliphatic hydroxyl groups is 3. The molecule has 5 rings (SSSR count). The molecular weight excluding hydrogens is 738 g/mol. The molecule has 10 N–H and O–H groups in total. The minimum Gasteiger partial charge on any atom is -0.756 e. The van der Waals surface area contributed by atoms with Crippen molar-refractivity contribution in [3.63, 3.8) is 0 Å². The van der Waals surface area contributed by atoms with E-state index in [9.17, 15) is 53.4 Å². The van der Waals surface area contributed by atoms with Crippen LogP contribution >= 0.6 is 23.5 Å². The van der Waals surface area contributed by atoms with Gasteiger partial charge in [0.05, 0.1) is 19.5 Å². The van der Waals surface area contributed by atoms with Crippen LogP contribution < -0.4 is 20.9 Å². The number of primary amides is 1. The number of pyridine rings is 1. The molecule has 28 heteroatoms. The van der Waals surface area contributed by atoms with Crippen LogP contribution in [-0.2, 0) is 41.1 Å². The van der Waals surface area contributed by atoms with E-state index in [0.717, 1.165) is 17.2 Å². The van der Waals surface area contributed by atoms with Gasteiger partial charge in [0, 0.05) is 35.6 Å². The summed E-state index contributed by atoms with van der Waals surface area (Å²) in [5.41, 5.74) is 11.1. The van der Waals surface area contributed by atoms with E-state index in [2.05, 4.69) is 32.8 Å². The van der Waals surface area contributed by atoms with Crippen LogP contribution in [0, 0.1) is 0 Å². The number of carbonyl (C=O) groups excluding carboxylic acids is 1. The first-order valence-electron chi connectivity index (χ1n) is 13.3. The molecule has 10 atom stereocenters. The normalized spacial score (nSPS) is 29.7. The Morgan fingerprint density at radius 1 is 1.02 bits per heavy atom. The van der Waals surface area contributed by atoms with E-state index in [1.54, 1.807) is 0 Å². The monoisotopic (exact) mass is 766 g/mol. The topological polar surface area (TPSA) is 368 Å². The summed E-state index contributed by atoms with van der Waals surface area (Å²) in [5.74, 6) is -0.862. The van der Waals surface area contributed by atoms with Crippen molar-refractivity contribution in [2.24, 2.45) is 5.73 Å². The van der Waals surface area contributed by atoms with Crippen LogP contribution in [0.4, 0.5) is 5.82 Å². The van der Waals surface area contributed by atoms with Crippen LogP contribution in [0.3, 0.4) is 0 Å². The maximum atomic E-state index is 12.5. The number of aliphatic hydroxyl groups excluding tert-OH is 3. The van der Waals surface area contributed by atoms with Crippen molar-refractivity contribution in [3.05, 3.63) is 42.7 Å². The van der Waals surface area contributed by atoms with Crippen molar-refractivity contribution < 1.29 is 85.3 Å². The van der Waals surface area contributed by atoms with Gasteiger partial charge in [0.15, 0.2) is 36.2 Å². The number of aromatic nitrogens is 5. The summed E-state index contributed by atoms with van der Waals surface area (Å²) >= 11 is 0. The standard InChI is InChI=1S/C21H28N7O17P3.Na/c22-17-12-19(25-7-24-17)28(8-26-12)21-16(44-46(33,34)35)14(30)11(43-21)6-41-48(38,39)45-47(36,37)40-5-10-13(29)15(31)20(42-10)27-3-1-2-9(4-27)18(23)32;/h1-4,7-8,10-11,13-16,20-21,29-31H,5-6H2,(H7-,22,23,24,25,32,33,34,35,36,37,38,39);/t10-,11-,13-,14-,15-,16-,20-,21-;/m1./s1. The molecule has 2 aliphatic rings. The van der Waals surface area contributed by atoms with E-state index >= 15 is 0 Å². The van der Waals surface area contributed by atoms with Crippen LogP contribution in [-0.4, -0.2) is 135 Å². The van der Waals surface area contributed by atoms with Crippen molar-refractivity contribution in [1.82, 2.24) is 19.5 Å². The van der Waals surface area contributed by atoms with Gasteiger partial charge < -0.3 is 60.4 Å². The summed E-state index contributed by atoms with van der Waals surface area (Å²) < 4.78 is 67.9. The molecule has 0 bridgehead atoms. The summed E-state index contributed by atoms with van der Waals surface area (Å²) in [5, 5.41) is 31.5. The quantitative estimate of drug-likeness (QED) is 0.0468. The minimum absolute atomic E-state index is 0. The number of carbonyl (C=O) groups is 1. The van der Waals surface area contributed by atoms with Gasteiger partial charge in [-0.3, -0.25) is 23.0 Å². The fraction of sp³-hybridized carbons (Fsp3) is 0.476. The molecule has 1 radical (unpaired) electrons. The van der Waals surface area contributed by atoms with Gasteiger partial charge in [-0.1, -0.05) is 0 Å². The predicted octanol–water partition coefficient (Wildman–Crippen LogP) is -3.91.